The maximum absolute atomic E-state index is 10.6. The van der Waals surface area contributed by atoms with Crippen molar-refractivity contribution in [2.24, 2.45) is 17.2 Å². The van der Waals surface area contributed by atoms with Gasteiger partial charge in [-0.15, -0.1) is 0 Å². The number of aromatic carboxylic acids is 3. The molecule has 72 heavy (non-hydrogen) atoms. The number of aromatic nitrogens is 6. The summed E-state index contributed by atoms with van der Waals surface area (Å²) in [5.74, 6) is -0.789. The third-order valence-electron chi connectivity index (χ3n) is 12.8. The van der Waals surface area contributed by atoms with Gasteiger partial charge in [-0.25, -0.2) is 29.3 Å². The van der Waals surface area contributed by atoms with Crippen molar-refractivity contribution in [3.05, 3.63) is 89.5 Å². The van der Waals surface area contributed by atoms with Gasteiger partial charge in [-0.1, -0.05) is 175 Å². The smallest absolute Gasteiger partial charge is 0.336 e. The molecule has 0 aliphatic carbocycles. The number of hydrogen-bond donors (Lipinski definition) is 6. The van der Waals surface area contributed by atoms with Crippen LogP contribution in [0, 0.1) is 0 Å². The van der Waals surface area contributed by atoms with E-state index in [1.54, 1.807) is 0 Å². The lowest BCUT2D eigenvalue weighted by Gasteiger charge is -2.11. The van der Waals surface area contributed by atoms with Crippen molar-refractivity contribution in [1.82, 2.24) is 28.7 Å². The Morgan fingerprint density at radius 2 is 0.681 bits per heavy atom. The number of carboxylic acids is 3. The molecule has 0 fully saturated rings. The first-order chi connectivity index (χ1) is 34.7. The minimum atomic E-state index is -1.48. The Morgan fingerprint density at radius 3 is 0.917 bits per heavy atom. The average molecular weight is 1010 g/mol. The minimum Gasteiger partial charge on any atom is -0.478 e. The predicted molar refractivity (Wildman–Crippen MR) is 293 cm³/mol. The normalized spacial score (nSPS) is 12.1. The number of imidazole rings is 3. The summed E-state index contributed by atoms with van der Waals surface area (Å²) in [4.78, 5) is 44.9. The standard InChI is InChI=1S/3C16H31N3.C9H6O6/c3*1-3-4-5-6-7-8-9-10-11-12-16-18-13-14-19(16)15(2)17;10-7(11)4-1-2-5(8(12)13)6(3-4)9(14)15/h3*13-15H,3-12,17H2,1-2H3;1-3H,(H,10,11)(H,12,13)(H,14,15). The molecule has 0 bridgehead atoms. The van der Waals surface area contributed by atoms with E-state index >= 15 is 0 Å². The molecule has 408 valence electrons. The molecule has 0 saturated carbocycles. The number of aryl methyl sites for hydroxylation is 3. The topological polar surface area (TPSA) is 243 Å². The van der Waals surface area contributed by atoms with E-state index in [4.69, 9.17) is 32.5 Å². The van der Waals surface area contributed by atoms with Gasteiger partial charge in [0.15, 0.2) is 0 Å². The van der Waals surface area contributed by atoms with Crippen LogP contribution in [0.3, 0.4) is 0 Å². The summed E-state index contributed by atoms with van der Waals surface area (Å²) in [6, 6.07) is 2.81. The van der Waals surface area contributed by atoms with Crippen LogP contribution in [0.25, 0.3) is 0 Å². The maximum atomic E-state index is 10.6. The van der Waals surface area contributed by atoms with Gasteiger partial charge in [-0.3, -0.25) is 0 Å². The van der Waals surface area contributed by atoms with Gasteiger partial charge in [0, 0.05) is 56.4 Å². The number of carboxylic acid groups (broad SMARTS) is 3. The zero-order chi connectivity index (χ0) is 53.4. The largest absolute Gasteiger partial charge is 0.478 e. The molecule has 3 heterocycles. The number of unbranched alkanes of at least 4 members (excludes halogenated alkanes) is 24. The van der Waals surface area contributed by atoms with Crippen LogP contribution < -0.4 is 17.2 Å². The van der Waals surface area contributed by atoms with Gasteiger partial charge in [0.2, 0.25) is 0 Å². The SMILES string of the molecule is CCCCCCCCCCCc1nccn1C(C)N.CCCCCCCCCCCc1nccn1C(C)N.CCCCCCCCCCCc1nccn1C(C)N.O=C(O)c1ccc(C(=O)O)c(C(=O)O)c1. The number of nitrogens with zero attached hydrogens (tertiary/aromatic N) is 6. The van der Waals surface area contributed by atoms with Crippen LogP contribution in [0.5, 0.6) is 0 Å². The molecule has 0 spiro atoms. The molecule has 3 unspecified atom stereocenters. The third kappa shape index (κ3) is 29.6. The Labute approximate surface area is 434 Å². The fourth-order valence-electron chi connectivity index (χ4n) is 8.55. The second-order valence-corrected chi connectivity index (χ2v) is 19.4. The molecule has 1 aromatic carbocycles. The minimum absolute atomic E-state index is 0.0380. The Hall–Kier alpha value is -4.86. The van der Waals surface area contributed by atoms with Crippen molar-refractivity contribution in [3.63, 3.8) is 0 Å². The van der Waals surface area contributed by atoms with E-state index < -0.39 is 29.0 Å². The molecule has 3 aromatic heterocycles. The molecule has 0 saturated heterocycles. The van der Waals surface area contributed by atoms with Crippen LogP contribution in [0.4, 0.5) is 0 Å². The molecule has 0 aliphatic rings. The molecule has 0 amide bonds. The van der Waals surface area contributed by atoms with Gasteiger partial charge in [-0.05, 0) is 58.2 Å². The molecule has 9 N–H and O–H groups in total. The lowest BCUT2D eigenvalue weighted by molar-refractivity contribution is 0.0649. The summed E-state index contributed by atoms with van der Waals surface area (Å²) in [6.07, 6.45) is 51.7. The Morgan fingerprint density at radius 1 is 0.417 bits per heavy atom. The van der Waals surface area contributed by atoms with E-state index in [1.807, 2.05) is 58.0 Å². The molecule has 15 heteroatoms. The van der Waals surface area contributed by atoms with E-state index in [2.05, 4.69) is 49.4 Å². The summed E-state index contributed by atoms with van der Waals surface area (Å²) in [5.41, 5.74) is 16.4. The van der Waals surface area contributed by atoms with Crippen LogP contribution in [-0.2, 0) is 19.3 Å². The van der Waals surface area contributed by atoms with Crippen molar-refractivity contribution >= 4 is 17.9 Å². The van der Waals surface area contributed by atoms with Crippen LogP contribution >= 0.6 is 0 Å². The fraction of sp³-hybridized carbons (Fsp3) is 0.684. The van der Waals surface area contributed by atoms with Crippen molar-refractivity contribution in [2.75, 3.05) is 0 Å². The van der Waals surface area contributed by atoms with E-state index in [1.165, 1.54) is 173 Å². The van der Waals surface area contributed by atoms with Crippen LogP contribution in [0.15, 0.2) is 55.4 Å². The number of hydrogen-bond acceptors (Lipinski definition) is 9. The molecule has 4 rings (SSSR count). The maximum Gasteiger partial charge on any atom is 0.336 e. The number of carbonyl (C=O) groups is 3. The van der Waals surface area contributed by atoms with Crippen LogP contribution in [0.2, 0.25) is 0 Å². The number of rotatable bonds is 36. The zero-order valence-electron chi connectivity index (χ0n) is 45.6. The average Bonchev–Trinajstić information content (AvgIpc) is 4.15. The van der Waals surface area contributed by atoms with Crippen LogP contribution in [-0.4, -0.2) is 61.9 Å². The van der Waals surface area contributed by atoms with Crippen molar-refractivity contribution in [3.8, 4) is 0 Å². The van der Waals surface area contributed by atoms with E-state index in [-0.39, 0.29) is 24.1 Å². The zero-order valence-corrected chi connectivity index (χ0v) is 45.6. The lowest BCUT2D eigenvalue weighted by atomic mass is 10.0. The number of nitrogens with two attached hydrogens (primary N) is 3. The first-order valence-corrected chi connectivity index (χ1v) is 27.9. The highest BCUT2D eigenvalue weighted by Crippen LogP contribution is 2.17. The Bertz CT molecular complexity index is 1820. The van der Waals surface area contributed by atoms with Gasteiger partial charge in [-0.2, -0.15) is 0 Å². The molecule has 0 aliphatic heterocycles. The second-order valence-electron chi connectivity index (χ2n) is 19.4. The molecule has 15 nitrogen and oxygen atoms in total. The van der Waals surface area contributed by atoms with Gasteiger partial charge >= 0.3 is 17.9 Å². The highest BCUT2D eigenvalue weighted by atomic mass is 16.4. The summed E-state index contributed by atoms with van der Waals surface area (Å²) in [6.45, 7) is 12.8. The quantitative estimate of drug-likeness (QED) is 0.0233. The summed E-state index contributed by atoms with van der Waals surface area (Å²) >= 11 is 0. The van der Waals surface area contributed by atoms with E-state index in [0.717, 1.165) is 54.9 Å². The third-order valence-corrected chi connectivity index (χ3v) is 12.8. The predicted octanol–water partition coefficient (Wildman–Crippen LogP) is 14.1. The van der Waals surface area contributed by atoms with E-state index in [9.17, 15) is 14.4 Å². The first-order valence-electron chi connectivity index (χ1n) is 27.9. The van der Waals surface area contributed by atoms with Crippen molar-refractivity contribution < 1.29 is 29.7 Å². The monoisotopic (exact) mass is 1010 g/mol. The van der Waals surface area contributed by atoms with Gasteiger partial charge in [0.05, 0.1) is 35.2 Å². The summed E-state index contributed by atoms with van der Waals surface area (Å²) in [5, 5.41) is 25.9. The summed E-state index contributed by atoms with van der Waals surface area (Å²) < 4.78 is 6.22. The number of benzene rings is 1. The molecular weight excluding hydrogens is 907 g/mol. The van der Waals surface area contributed by atoms with Gasteiger partial charge in [0.25, 0.3) is 0 Å². The lowest BCUT2D eigenvalue weighted by Crippen LogP contribution is -2.16. The molecular formula is C57H99N9O6. The fourth-order valence-corrected chi connectivity index (χ4v) is 8.55. The molecule has 0 radical (unpaired) electrons. The molecule has 4 aromatic rings. The Balaban J connectivity index is 0.000000482. The Kier molecular flexibility index (Phi) is 37.6. The van der Waals surface area contributed by atoms with Gasteiger partial charge in [0.1, 0.15) is 17.5 Å². The van der Waals surface area contributed by atoms with E-state index in [0.29, 0.717) is 0 Å². The van der Waals surface area contributed by atoms with Gasteiger partial charge < -0.3 is 46.2 Å². The highest BCUT2D eigenvalue weighted by molar-refractivity contribution is 6.03. The summed E-state index contributed by atoms with van der Waals surface area (Å²) in [7, 11) is 0. The molecule has 3 atom stereocenters. The van der Waals surface area contributed by atoms with Crippen molar-refractivity contribution in [2.45, 2.75) is 253 Å². The van der Waals surface area contributed by atoms with Crippen LogP contribution in [0.1, 0.15) is 282 Å². The highest BCUT2D eigenvalue weighted by Gasteiger charge is 2.18. The second kappa shape index (κ2) is 41.6. The first kappa shape index (κ1) is 65.2. The van der Waals surface area contributed by atoms with Crippen molar-refractivity contribution in [1.29, 1.82) is 0 Å².